The van der Waals surface area contributed by atoms with E-state index in [1.807, 2.05) is 65.8 Å². The Hall–Kier alpha value is -6.92. The fraction of sp³-hybridized carbons (Fsp3) is 0.471. The van der Waals surface area contributed by atoms with E-state index in [9.17, 15) is 70.3 Å². The molecule has 8 aromatic rings. The molecule has 1 saturated heterocycles. The zero-order chi connectivity index (χ0) is 89.7. The first kappa shape index (κ1) is 121. The maximum Gasteiger partial charge on any atom is 1.00 e. The molecule has 0 amide bonds. The first-order valence-corrected chi connectivity index (χ1v) is 39.9. The van der Waals surface area contributed by atoms with Crippen LogP contribution < -0.4 is 35.0 Å². The van der Waals surface area contributed by atoms with Crippen molar-refractivity contribution in [1.29, 1.82) is 0 Å². The van der Waals surface area contributed by atoms with Crippen LogP contribution in [0.25, 0.3) is 22.8 Å². The number of carboxylic acid groups (broad SMARTS) is 1. The normalized spacial score (nSPS) is 12.6. The minimum absolute atomic E-state index is 0. The molecule has 2 N–H and O–H groups in total. The maximum absolute atomic E-state index is 14.0. The summed E-state index contributed by atoms with van der Waals surface area (Å²) >= 11 is 7.12. The molecule has 1 aliphatic rings. The molecule has 35 heteroatoms. The molecule has 1 fully saturated rings. The average Bonchev–Trinajstić information content (AvgIpc) is 1.64. The van der Waals surface area contributed by atoms with Crippen LogP contribution in [0.15, 0.2) is 149 Å². The monoisotopic (exact) mass is 1910 g/mol. The minimum Gasteiger partial charge on any atom is -0.870 e. The van der Waals surface area contributed by atoms with E-state index in [-0.39, 0.29) is 129 Å². The number of halogens is 15. The van der Waals surface area contributed by atoms with E-state index < -0.39 is 102 Å². The van der Waals surface area contributed by atoms with Crippen LogP contribution in [0.4, 0.5) is 51.2 Å². The van der Waals surface area contributed by atoms with Crippen LogP contribution in [0.2, 0.25) is 5.28 Å². The van der Waals surface area contributed by atoms with Gasteiger partial charge in [0.2, 0.25) is 5.28 Å². The van der Waals surface area contributed by atoms with Gasteiger partial charge in [-0.05, 0) is 104 Å². The number of alkyl halides is 9. The number of aromatic carboxylic acids is 1. The van der Waals surface area contributed by atoms with E-state index in [0.29, 0.717) is 61.9 Å². The molecule has 9 rings (SSSR count). The number of aromatic nitrogens is 6. The third-order valence-electron chi connectivity index (χ3n) is 17.8. The number of rotatable bonds is 21. The molecule has 0 aliphatic carbocycles. The van der Waals surface area contributed by atoms with E-state index in [4.69, 9.17) is 36.9 Å². The molecule has 0 saturated carbocycles. The van der Waals surface area contributed by atoms with Crippen LogP contribution in [0.3, 0.4) is 0 Å². The first-order chi connectivity index (χ1) is 54.1. The van der Waals surface area contributed by atoms with Crippen LogP contribution in [-0.2, 0) is 42.5 Å². The number of carbonyl (C=O) groups excluding carboxylic acids is 3. The Bertz CT molecular complexity index is 4430. The van der Waals surface area contributed by atoms with E-state index in [1.54, 1.807) is 71.0 Å². The van der Waals surface area contributed by atoms with Gasteiger partial charge >= 0.3 is 54.6 Å². The van der Waals surface area contributed by atoms with Gasteiger partial charge in [0.05, 0.1) is 66.7 Å². The van der Waals surface area contributed by atoms with Crippen LogP contribution in [0.1, 0.15) is 236 Å². The molecule has 4 heterocycles. The molecule has 0 spiro atoms. The second-order valence-corrected chi connectivity index (χ2v) is 31.7. The Morgan fingerprint density at radius 2 is 0.795 bits per heavy atom. The smallest absolute Gasteiger partial charge is 0.870 e. The molecule has 17 nitrogen and oxygen atoms in total. The zero-order valence-corrected chi connectivity index (χ0v) is 76.9. The number of ketones is 1. The molecule has 0 atom stereocenters. The van der Waals surface area contributed by atoms with Crippen molar-refractivity contribution in [2.24, 2.45) is 29.6 Å². The van der Waals surface area contributed by atoms with Gasteiger partial charge in [-0.15, -0.1) is 11.7 Å². The van der Waals surface area contributed by atoms with Crippen molar-refractivity contribution < 1.29 is 131 Å². The molecule has 0 unspecified atom stereocenters. The van der Waals surface area contributed by atoms with Crippen molar-refractivity contribution in [3.63, 3.8) is 0 Å². The van der Waals surface area contributed by atoms with Crippen LogP contribution in [0.5, 0.6) is 0 Å². The molecule has 3 aromatic heterocycles. The largest absolute Gasteiger partial charge is 1.00 e. The topological polar surface area (TPSA) is 236 Å². The van der Waals surface area contributed by atoms with Crippen molar-refractivity contribution >= 4 is 91.1 Å². The van der Waals surface area contributed by atoms with Gasteiger partial charge in [0.1, 0.15) is 0 Å². The van der Waals surface area contributed by atoms with Gasteiger partial charge in [-0.25, -0.2) is 79.4 Å². The third kappa shape index (κ3) is 36.6. The van der Waals surface area contributed by atoms with Crippen molar-refractivity contribution in [1.82, 2.24) is 34.2 Å². The predicted molar refractivity (Wildman–Crippen MR) is 469 cm³/mol. The maximum atomic E-state index is 14.0. The number of aryl methyl sites for hydroxylation is 3. The number of hydrogen-bond donors (Lipinski definition) is 1. The number of carbonyl (C=O) groups is 4. The number of hydrogen-bond acceptors (Lipinski definition) is 16. The fourth-order valence-electron chi connectivity index (χ4n) is 9.67. The summed E-state index contributed by atoms with van der Waals surface area (Å²) in [7, 11) is -1.52. The predicted octanol–water partition coefficient (Wildman–Crippen LogP) is 23.8. The zero-order valence-electron chi connectivity index (χ0n) is 71.1. The third-order valence-corrected chi connectivity index (χ3v) is 20.1. The van der Waals surface area contributed by atoms with Gasteiger partial charge in [0.25, 0.3) is 35.1 Å². The quantitative estimate of drug-likeness (QED) is 0.0231. The van der Waals surface area contributed by atoms with Crippen molar-refractivity contribution in [3.8, 4) is 22.8 Å². The Morgan fingerprint density at radius 3 is 1.05 bits per heavy atom. The Balaban J connectivity index is -0.000000443. The van der Waals surface area contributed by atoms with Gasteiger partial charge in [0.15, 0.2) is 17.4 Å². The van der Waals surface area contributed by atoms with Crippen molar-refractivity contribution in [3.05, 3.63) is 216 Å². The van der Waals surface area contributed by atoms with Crippen molar-refractivity contribution in [2.75, 3.05) is 33.5 Å². The summed E-state index contributed by atoms with van der Waals surface area (Å²) < 4.78 is 185. The van der Waals surface area contributed by atoms with Gasteiger partial charge in [-0.3, -0.25) is 9.18 Å². The van der Waals surface area contributed by atoms with E-state index in [2.05, 4.69) is 61.8 Å². The summed E-state index contributed by atoms with van der Waals surface area (Å²) in [6, 6.07) is 31.5. The standard InChI is InChI=1S/C18H20F2N2O2.C16H23BF2O2.C16H16F2N2O2.C10H11BrF2.C10H11BrO.C8H9ClN2O2.C4H10F3NS.CH3F.4CH4.Na.H2O/c1-5-24-17(23)15-10-21-16(22-12(15)4)13-6-8-14(9-7-13)18(19,20)11(2)3;1-11(2)16(18,19)12-7-9-13(10-8-12)17-20-14(3,4)15(5,6)21-17;1-9(2)16(17,18)12-6-4-11(5-7-12)14-19-8-13(15(21)22)10(3)20-14;1-7(2)10(12,13)8-3-5-9(11)6-4-8;1-7(2)10(12)8-3-5-9(11)6-4-8;1-3-13-7(12)6-4-10-8(9)11-5(6)2;1-3-8(4-2)9(5,6)7;1-2;;;;;;/h6-11H,5H2,1-4H3;7-11H,1-6H3;4-9H,1-3H3,(H,21,22);3-7H,1-2H3;3-7H,1-2H3;4H,3H2,1-2H3;3-4H2,1-2H3;1H3;4*1H4;;1H2/q;;;;;;;;;;;;+1;/p-1/i;;;;;;;1D;;;;;;. The fourth-order valence-corrected chi connectivity index (χ4v) is 11.0. The molecular weight excluding hydrogens is 1790 g/mol. The Kier molecular flexibility index (Phi) is 55.3. The number of carboxylic acids is 1. The van der Waals surface area contributed by atoms with Crippen molar-refractivity contribution in [2.45, 2.75) is 210 Å². The second kappa shape index (κ2) is 55.5. The number of esters is 2. The summed E-state index contributed by atoms with van der Waals surface area (Å²) in [5.41, 5.74) is 3.85. The van der Waals surface area contributed by atoms with E-state index in [0.717, 1.165) is 20.0 Å². The first-order valence-electron chi connectivity index (χ1n) is 37.3. The van der Waals surface area contributed by atoms with Crippen LogP contribution in [0, 0.1) is 50.4 Å². The second-order valence-electron chi connectivity index (χ2n) is 28.3. The summed E-state index contributed by atoms with van der Waals surface area (Å²) in [5, 5.41) is 9.07. The van der Waals surface area contributed by atoms with Gasteiger partial charge < -0.3 is 29.4 Å². The molecule has 5 aromatic carbocycles. The van der Waals surface area contributed by atoms with Crippen LogP contribution >= 0.6 is 54.8 Å². The Labute approximate surface area is 762 Å². The van der Waals surface area contributed by atoms with Gasteiger partial charge in [-0.1, -0.05) is 242 Å². The number of ether oxygens (including phenoxy) is 2. The SMILES string of the molecule is C.C.C.C.CC(C)C(=O)c1ccc(Br)cc1.CC(C)C(F)(F)c1ccc(B2OC(C)(C)C(C)(C)O2)cc1.CC(C)C(F)(F)c1ccc(Br)cc1.CCN(CC)S(F)(F)F.CCOC(=O)c1cnc(-c2ccc(C(F)(F)C(C)C)cc2)nc1C.CCOC(=O)c1cnc(Cl)nc1C.Cc1nc(-c2ccc(C(F)(F)C(C)C)cc2)ncc1C(=O)O.[2H]CF.[Na+].[OH-]. The molecule has 0 bridgehead atoms. The minimum atomic E-state index is -4.93. The molecule has 678 valence electrons. The summed E-state index contributed by atoms with van der Waals surface area (Å²) in [5.74, 6) is -15.4. The molecule has 1 aliphatic heterocycles. The average molecular weight is 1910 g/mol. The van der Waals surface area contributed by atoms with E-state index >= 15 is 0 Å². The Morgan fingerprint density at radius 1 is 0.516 bits per heavy atom. The van der Waals surface area contributed by atoms with Crippen LogP contribution in [-0.4, -0.2) is 120 Å². The number of benzene rings is 5. The summed E-state index contributed by atoms with van der Waals surface area (Å²) in [6.07, 6.45) is 3.98. The summed E-state index contributed by atoms with van der Waals surface area (Å²) in [6.45, 7) is 35.8. The molecule has 0 radical (unpaired) electrons. The van der Waals surface area contributed by atoms with Gasteiger partial charge in [-0.2, -0.15) is 4.31 Å². The molecule has 122 heavy (non-hydrogen) atoms. The summed E-state index contributed by atoms with van der Waals surface area (Å²) in [4.78, 5) is 69.4. The number of nitrogens with zero attached hydrogens (tertiary/aromatic N) is 7. The van der Waals surface area contributed by atoms with Gasteiger partial charge in [0, 0.05) is 109 Å². The number of Topliss-reactive ketones (excluding diaryl/α,β-unsaturated/α-hetero) is 1. The van der Waals surface area contributed by atoms with E-state index in [1.165, 1.54) is 148 Å². The molecular formula is C87H120BBr2ClF12N7NaO10S.